The number of piperidine rings is 1. The average Bonchev–Trinajstić information content (AvgIpc) is 2.49. The summed E-state index contributed by atoms with van der Waals surface area (Å²) in [7, 11) is 1.88. The highest BCUT2D eigenvalue weighted by Gasteiger charge is 2.23. The van der Waals surface area contributed by atoms with Gasteiger partial charge < -0.3 is 15.0 Å². The van der Waals surface area contributed by atoms with Gasteiger partial charge in [-0.15, -0.1) is 0 Å². The quantitative estimate of drug-likeness (QED) is 0.895. The van der Waals surface area contributed by atoms with Crippen molar-refractivity contribution in [3.05, 3.63) is 29.8 Å². The van der Waals surface area contributed by atoms with E-state index in [9.17, 15) is 4.79 Å². The lowest BCUT2D eigenvalue weighted by molar-refractivity contribution is -0.135. The minimum Gasteiger partial charge on any atom is -0.494 e. The van der Waals surface area contributed by atoms with E-state index < -0.39 is 0 Å². The Labute approximate surface area is 121 Å². The highest BCUT2D eigenvalue weighted by atomic mass is 16.5. The van der Waals surface area contributed by atoms with Crippen LogP contribution < -0.4 is 10.1 Å². The topological polar surface area (TPSA) is 41.6 Å². The van der Waals surface area contributed by atoms with E-state index in [0.717, 1.165) is 37.2 Å². The molecule has 1 aliphatic rings. The summed E-state index contributed by atoms with van der Waals surface area (Å²) in [6.45, 7) is 5.14. The molecule has 1 N–H and O–H groups in total. The molecule has 0 saturated carbocycles. The number of hydrogen-bond donors (Lipinski definition) is 1. The molecular formula is C16H24N2O2. The second-order valence-corrected chi connectivity index (χ2v) is 5.31. The molecule has 1 atom stereocenters. The largest absolute Gasteiger partial charge is 0.494 e. The van der Waals surface area contributed by atoms with Crippen LogP contribution in [0.15, 0.2) is 24.3 Å². The van der Waals surface area contributed by atoms with E-state index in [4.69, 9.17) is 4.74 Å². The van der Waals surface area contributed by atoms with E-state index in [1.165, 1.54) is 0 Å². The molecule has 1 aromatic carbocycles. The summed E-state index contributed by atoms with van der Waals surface area (Å²) in [5, 5.41) is 3.29. The summed E-state index contributed by atoms with van der Waals surface area (Å²) in [5.74, 6) is 1.25. The Balaban J connectivity index is 1.89. The molecule has 1 saturated heterocycles. The van der Waals surface area contributed by atoms with E-state index in [1.54, 1.807) is 0 Å². The molecule has 1 aliphatic heterocycles. The van der Waals surface area contributed by atoms with Crippen molar-refractivity contribution in [1.29, 1.82) is 0 Å². The van der Waals surface area contributed by atoms with Gasteiger partial charge in [0.25, 0.3) is 0 Å². The van der Waals surface area contributed by atoms with Gasteiger partial charge in [-0.2, -0.15) is 0 Å². The number of ether oxygens (including phenoxy) is 1. The number of benzene rings is 1. The Bertz CT molecular complexity index is 425. The number of amides is 1. The molecule has 0 aliphatic carbocycles. The van der Waals surface area contributed by atoms with Crippen LogP contribution in [0.5, 0.6) is 5.75 Å². The van der Waals surface area contributed by atoms with Crippen LogP contribution in [0, 0.1) is 5.92 Å². The maximum Gasteiger partial charge on any atom is 0.227 e. The lowest BCUT2D eigenvalue weighted by atomic mass is 9.98. The molecule has 1 unspecified atom stereocenters. The zero-order chi connectivity index (χ0) is 14.4. The molecule has 4 nitrogen and oxygen atoms in total. The minimum absolute atomic E-state index is 0.136. The summed E-state index contributed by atoms with van der Waals surface area (Å²) in [6, 6.07) is 7.96. The van der Waals surface area contributed by atoms with Crippen LogP contribution in [0.2, 0.25) is 0 Å². The van der Waals surface area contributed by atoms with Crippen LogP contribution in [-0.2, 0) is 11.3 Å². The fourth-order valence-electron chi connectivity index (χ4n) is 2.58. The summed E-state index contributed by atoms with van der Waals surface area (Å²) in [5.41, 5.74) is 1.13. The van der Waals surface area contributed by atoms with Gasteiger partial charge in [0.1, 0.15) is 5.75 Å². The highest BCUT2D eigenvalue weighted by Crippen LogP contribution is 2.16. The SMILES string of the molecule is CCOc1ccc(CN(C)C(=O)C2CCCNC2)cc1. The first-order chi connectivity index (χ1) is 9.70. The third-order valence-electron chi connectivity index (χ3n) is 3.68. The predicted molar refractivity (Wildman–Crippen MR) is 79.7 cm³/mol. The van der Waals surface area contributed by atoms with Crippen LogP contribution in [0.1, 0.15) is 25.3 Å². The number of carbonyl (C=O) groups is 1. The first-order valence-electron chi connectivity index (χ1n) is 7.38. The molecule has 0 bridgehead atoms. The first-order valence-corrected chi connectivity index (χ1v) is 7.38. The van der Waals surface area contributed by atoms with Crippen molar-refractivity contribution in [1.82, 2.24) is 10.2 Å². The van der Waals surface area contributed by atoms with Gasteiger partial charge in [0.2, 0.25) is 5.91 Å². The minimum atomic E-state index is 0.136. The molecular weight excluding hydrogens is 252 g/mol. The van der Waals surface area contributed by atoms with Crippen LogP contribution >= 0.6 is 0 Å². The van der Waals surface area contributed by atoms with Gasteiger partial charge in [-0.05, 0) is 44.0 Å². The van der Waals surface area contributed by atoms with Crippen molar-refractivity contribution in [2.45, 2.75) is 26.3 Å². The van der Waals surface area contributed by atoms with Gasteiger partial charge in [-0.3, -0.25) is 4.79 Å². The molecule has 0 radical (unpaired) electrons. The van der Waals surface area contributed by atoms with Crippen LogP contribution in [-0.4, -0.2) is 37.6 Å². The molecule has 2 rings (SSSR count). The molecule has 0 aromatic heterocycles. The van der Waals surface area contributed by atoms with Crippen molar-refractivity contribution in [3.8, 4) is 5.75 Å². The maximum absolute atomic E-state index is 12.3. The van der Waals surface area contributed by atoms with E-state index in [0.29, 0.717) is 13.2 Å². The number of hydrogen-bond acceptors (Lipinski definition) is 3. The number of nitrogens with zero attached hydrogens (tertiary/aromatic N) is 1. The standard InChI is InChI=1S/C16H24N2O2/c1-3-20-15-8-6-13(7-9-15)12-18(2)16(19)14-5-4-10-17-11-14/h6-9,14,17H,3-5,10-12H2,1-2H3. The highest BCUT2D eigenvalue weighted by molar-refractivity contribution is 5.78. The normalized spacial score (nSPS) is 18.6. The Morgan fingerprint density at radius 2 is 2.15 bits per heavy atom. The number of rotatable bonds is 5. The monoisotopic (exact) mass is 276 g/mol. The van der Waals surface area contributed by atoms with Crippen molar-refractivity contribution >= 4 is 5.91 Å². The summed E-state index contributed by atoms with van der Waals surface area (Å²) < 4.78 is 5.42. The fraction of sp³-hybridized carbons (Fsp3) is 0.562. The van der Waals surface area contributed by atoms with Gasteiger partial charge in [0.05, 0.1) is 12.5 Å². The lowest BCUT2D eigenvalue weighted by Crippen LogP contribution is -2.41. The zero-order valence-corrected chi connectivity index (χ0v) is 12.4. The van der Waals surface area contributed by atoms with Crippen LogP contribution in [0.4, 0.5) is 0 Å². The van der Waals surface area contributed by atoms with Crippen molar-refractivity contribution in [2.24, 2.45) is 5.92 Å². The maximum atomic E-state index is 12.3. The van der Waals surface area contributed by atoms with Crippen LogP contribution in [0.25, 0.3) is 0 Å². The van der Waals surface area contributed by atoms with E-state index >= 15 is 0 Å². The van der Waals surface area contributed by atoms with Gasteiger partial charge >= 0.3 is 0 Å². The van der Waals surface area contributed by atoms with E-state index in [-0.39, 0.29) is 11.8 Å². The molecule has 1 aromatic rings. The Morgan fingerprint density at radius 1 is 1.40 bits per heavy atom. The zero-order valence-electron chi connectivity index (χ0n) is 12.4. The Morgan fingerprint density at radius 3 is 2.75 bits per heavy atom. The molecule has 0 spiro atoms. The third kappa shape index (κ3) is 3.97. The van der Waals surface area contributed by atoms with Crippen LogP contribution in [0.3, 0.4) is 0 Å². The molecule has 1 heterocycles. The molecule has 110 valence electrons. The summed E-state index contributed by atoms with van der Waals surface area (Å²) >= 11 is 0. The summed E-state index contributed by atoms with van der Waals surface area (Å²) in [6.07, 6.45) is 2.09. The van der Waals surface area contributed by atoms with E-state index in [1.807, 2.05) is 43.1 Å². The summed E-state index contributed by atoms with van der Waals surface area (Å²) in [4.78, 5) is 14.2. The van der Waals surface area contributed by atoms with Crippen molar-refractivity contribution in [2.75, 3.05) is 26.7 Å². The molecule has 1 amide bonds. The predicted octanol–water partition coefficient (Wildman–Crippen LogP) is 2.04. The van der Waals surface area contributed by atoms with Gasteiger partial charge in [0, 0.05) is 20.1 Å². The number of carbonyl (C=O) groups excluding carboxylic acids is 1. The molecule has 4 heteroatoms. The van der Waals surface area contributed by atoms with Crippen molar-refractivity contribution in [3.63, 3.8) is 0 Å². The fourth-order valence-corrected chi connectivity index (χ4v) is 2.58. The van der Waals surface area contributed by atoms with Gasteiger partial charge in [-0.25, -0.2) is 0 Å². The second kappa shape index (κ2) is 7.29. The smallest absolute Gasteiger partial charge is 0.227 e. The Hall–Kier alpha value is -1.55. The molecule has 20 heavy (non-hydrogen) atoms. The first kappa shape index (κ1) is 14.9. The molecule has 1 fully saturated rings. The second-order valence-electron chi connectivity index (χ2n) is 5.31. The van der Waals surface area contributed by atoms with Crippen molar-refractivity contribution < 1.29 is 9.53 Å². The Kier molecular flexibility index (Phi) is 5.41. The lowest BCUT2D eigenvalue weighted by Gasteiger charge is -2.27. The van der Waals surface area contributed by atoms with Gasteiger partial charge in [-0.1, -0.05) is 12.1 Å². The van der Waals surface area contributed by atoms with E-state index in [2.05, 4.69) is 5.32 Å². The van der Waals surface area contributed by atoms with Gasteiger partial charge in [0.15, 0.2) is 0 Å². The number of nitrogens with one attached hydrogen (secondary N) is 1. The average molecular weight is 276 g/mol. The third-order valence-corrected chi connectivity index (χ3v) is 3.68.